The highest BCUT2D eigenvalue weighted by atomic mass is 79.9. The smallest absolute Gasteiger partial charge is 0.258 e. The SMILES string of the molecule is O=C(COc1ccc2ccccc2c1Br)NC(c1ccccc1)c1ccccc1. The average Bonchev–Trinajstić information content (AvgIpc) is 2.78. The third-order valence-corrected chi connectivity index (χ3v) is 5.58. The molecule has 0 aliphatic carbocycles. The van der Waals surface area contributed by atoms with Crippen LogP contribution in [0.3, 0.4) is 0 Å². The third kappa shape index (κ3) is 4.49. The number of carbonyl (C=O) groups is 1. The van der Waals surface area contributed by atoms with Gasteiger partial charge in [0.25, 0.3) is 5.91 Å². The largest absolute Gasteiger partial charge is 0.483 e. The van der Waals surface area contributed by atoms with Gasteiger partial charge in [-0.15, -0.1) is 0 Å². The maximum Gasteiger partial charge on any atom is 0.258 e. The van der Waals surface area contributed by atoms with Gasteiger partial charge in [0, 0.05) is 0 Å². The van der Waals surface area contributed by atoms with E-state index in [0.29, 0.717) is 5.75 Å². The zero-order valence-electron chi connectivity index (χ0n) is 15.7. The number of ether oxygens (including phenoxy) is 1. The predicted octanol–water partition coefficient (Wildman–Crippen LogP) is 5.89. The minimum Gasteiger partial charge on any atom is -0.483 e. The molecule has 0 radical (unpaired) electrons. The zero-order valence-corrected chi connectivity index (χ0v) is 17.3. The van der Waals surface area contributed by atoms with Gasteiger partial charge in [0.05, 0.1) is 10.5 Å². The molecule has 0 heterocycles. The highest BCUT2D eigenvalue weighted by Gasteiger charge is 2.17. The van der Waals surface area contributed by atoms with Crippen LogP contribution >= 0.6 is 15.9 Å². The monoisotopic (exact) mass is 445 g/mol. The van der Waals surface area contributed by atoms with E-state index >= 15 is 0 Å². The summed E-state index contributed by atoms with van der Waals surface area (Å²) < 4.78 is 6.67. The summed E-state index contributed by atoms with van der Waals surface area (Å²) in [5.74, 6) is 0.470. The molecule has 0 unspecified atom stereocenters. The Morgan fingerprint density at radius 2 is 1.38 bits per heavy atom. The molecular weight excluding hydrogens is 426 g/mol. The molecule has 4 heteroatoms. The number of hydrogen-bond donors (Lipinski definition) is 1. The number of benzene rings is 4. The third-order valence-electron chi connectivity index (χ3n) is 4.76. The topological polar surface area (TPSA) is 38.3 Å². The van der Waals surface area contributed by atoms with Crippen LogP contribution < -0.4 is 10.1 Å². The number of fused-ring (bicyclic) bond motifs is 1. The first-order valence-electron chi connectivity index (χ1n) is 9.41. The van der Waals surface area contributed by atoms with E-state index in [0.717, 1.165) is 26.4 Å². The Balaban J connectivity index is 1.50. The van der Waals surface area contributed by atoms with Gasteiger partial charge < -0.3 is 10.1 Å². The molecule has 4 rings (SSSR count). The molecule has 29 heavy (non-hydrogen) atoms. The lowest BCUT2D eigenvalue weighted by Crippen LogP contribution is -2.33. The minimum atomic E-state index is -0.228. The first kappa shape index (κ1) is 19.2. The molecule has 0 fully saturated rings. The summed E-state index contributed by atoms with van der Waals surface area (Å²) in [5.41, 5.74) is 2.05. The predicted molar refractivity (Wildman–Crippen MR) is 120 cm³/mol. The summed E-state index contributed by atoms with van der Waals surface area (Å²) in [6.45, 7) is -0.0624. The van der Waals surface area contributed by atoms with E-state index in [-0.39, 0.29) is 18.6 Å². The Labute approximate surface area is 178 Å². The number of amides is 1. The first-order valence-corrected chi connectivity index (χ1v) is 10.2. The molecule has 0 spiro atoms. The van der Waals surface area contributed by atoms with Crippen LogP contribution in [0.1, 0.15) is 17.2 Å². The van der Waals surface area contributed by atoms with E-state index in [9.17, 15) is 4.79 Å². The van der Waals surface area contributed by atoms with Crippen LogP contribution in [0.4, 0.5) is 0 Å². The normalized spacial score (nSPS) is 10.8. The van der Waals surface area contributed by atoms with Crippen molar-refractivity contribution in [3.05, 3.63) is 113 Å². The zero-order chi connectivity index (χ0) is 20.1. The van der Waals surface area contributed by atoms with Crippen molar-refractivity contribution < 1.29 is 9.53 Å². The van der Waals surface area contributed by atoms with E-state index in [2.05, 4.69) is 21.2 Å². The van der Waals surface area contributed by atoms with Gasteiger partial charge in [-0.3, -0.25) is 4.79 Å². The Morgan fingerprint density at radius 1 is 0.793 bits per heavy atom. The number of hydrogen-bond acceptors (Lipinski definition) is 2. The molecule has 3 nitrogen and oxygen atoms in total. The highest BCUT2D eigenvalue weighted by molar-refractivity contribution is 9.10. The van der Waals surface area contributed by atoms with Crippen molar-refractivity contribution in [3.8, 4) is 5.75 Å². The second kappa shape index (κ2) is 8.93. The summed E-state index contributed by atoms with van der Waals surface area (Å²) >= 11 is 3.60. The lowest BCUT2D eigenvalue weighted by Gasteiger charge is -2.20. The number of carbonyl (C=O) groups excluding carboxylic acids is 1. The van der Waals surface area contributed by atoms with E-state index in [1.807, 2.05) is 97.1 Å². The molecule has 0 atom stereocenters. The fourth-order valence-corrected chi connectivity index (χ4v) is 3.93. The highest BCUT2D eigenvalue weighted by Crippen LogP contribution is 2.33. The Bertz CT molecular complexity index is 1070. The van der Waals surface area contributed by atoms with Gasteiger partial charge in [-0.1, -0.05) is 91.0 Å². The van der Waals surface area contributed by atoms with Gasteiger partial charge in [0.2, 0.25) is 0 Å². The summed E-state index contributed by atoms with van der Waals surface area (Å²) in [7, 11) is 0. The van der Waals surface area contributed by atoms with E-state index < -0.39 is 0 Å². The number of nitrogens with one attached hydrogen (secondary N) is 1. The quantitative estimate of drug-likeness (QED) is 0.401. The Morgan fingerprint density at radius 3 is 2.03 bits per heavy atom. The lowest BCUT2D eigenvalue weighted by molar-refractivity contribution is -0.123. The molecule has 144 valence electrons. The second-order valence-electron chi connectivity index (χ2n) is 6.71. The molecule has 0 aromatic heterocycles. The Kier molecular flexibility index (Phi) is 5.92. The van der Waals surface area contributed by atoms with E-state index in [1.165, 1.54) is 0 Å². The molecule has 4 aromatic carbocycles. The van der Waals surface area contributed by atoms with Gasteiger partial charge in [0.15, 0.2) is 6.61 Å². The van der Waals surface area contributed by atoms with Crippen molar-refractivity contribution in [3.63, 3.8) is 0 Å². The molecule has 0 aliphatic heterocycles. The van der Waals surface area contributed by atoms with Crippen LogP contribution in [0.2, 0.25) is 0 Å². The van der Waals surface area contributed by atoms with Crippen molar-refractivity contribution >= 4 is 32.6 Å². The second-order valence-corrected chi connectivity index (χ2v) is 7.50. The van der Waals surface area contributed by atoms with Crippen molar-refractivity contribution in [1.29, 1.82) is 0 Å². The molecular formula is C25H20BrNO2. The van der Waals surface area contributed by atoms with Crippen LogP contribution in [0.5, 0.6) is 5.75 Å². The molecule has 1 amide bonds. The molecule has 0 saturated carbocycles. The molecule has 1 N–H and O–H groups in total. The molecule has 0 saturated heterocycles. The lowest BCUT2D eigenvalue weighted by atomic mass is 9.99. The van der Waals surface area contributed by atoms with Crippen molar-refractivity contribution in [1.82, 2.24) is 5.32 Å². The van der Waals surface area contributed by atoms with Crippen molar-refractivity contribution in [2.75, 3.05) is 6.61 Å². The van der Waals surface area contributed by atoms with Crippen LogP contribution in [-0.2, 0) is 4.79 Å². The standard InChI is InChI=1S/C25H20BrNO2/c26-24-21-14-8-7-9-18(21)15-16-22(24)29-17-23(28)27-25(19-10-3-1-4-11-19)20-12-5-2-6-13-20/h1-16,25H,17H2,(H,27,28). The number of halogens is 1. The van der Waals surface area contributed by atoms with Gasteiger partial charge >= 0.3 is 0 Å². The maximum absolute atomic E-state index is 12.7. The minimum absolute atomic E-state index is 0.0624. The summed E-state index contributed by atoms with van der Waals surface area (Å²) in [4.78, 5) is 12.7. The van der Waals surface area contributed by atoms with Crippen LogP contribution in [-0.4, -0.2) is 12.5 Å². The Hall–Kier alpha value is -3.11. The van der Waals surface area contributed by atoms with Gasteiger partial charge in [-0.05, 0) is 43.9 Å². The van der Waals surface area contributed by atoms with Gasteiger partial charge in [-0.2, -0.15) is 0 Å². The first-order chi connectivity index (χ1) is 14.2. The van der Waals surface area contributed by atoms with E-state index in [4.69, 9.17) is 4.74 Å². The van der Waals surface area contributed by atoms with Gasteiger partial charge in [0.1, 0.15) is 5.75 Å². The van der Waals surface area contributed by atoms with Crippen molar-refractivity contribution in [2.45, 2.75) is 6.04 Å². The fourth-order valence-electron chi connectivity index (χ4n) is 3.32. The molecule has 0 bridgehead atoms. The molecule has 0 aliphatic rings. The van der Waals surface area contributed by atoms with Crippen LogP contribution in [0.25, 0.3) is 10.8 Å². The average molecular weight is 446 g/mol. The van der Waals surface area contributed by atoms with Gasteiger partial charge in [-0.25, -0.2) is 0 Å². The maximum atomic E-state index is 12.7. The number of rotatable bonds is 6. The van der Waals surface area contributed by atoms with Crippen LogP contribution in [0, 0.1) is 0 Å². The fraction of sp³-hybridized carbons (Fsp3) is 0.0800. The van der Waals surface area contributed by atoms with Crippen LogP contribution in [0.15, 0.2) is 102 Å². The van der Waals surface area contributed by atoms with E-state index in [1.54, 1.807) is 0 Å². The molecule has 4 aromatic rings. The summed E-state index contributed by atoms with van der Waals surface area (Å²) in [6, 6.07) is 31.6. The van der Waals surface area contributed by atoms with Crippen molar-refractivity contribution in [2.24, 2.45) is 0 Å². The summed E-state index contributed by atoms with van der Waals surface area (Å²) in [6.07, 6.45) is 0. The summed E-state index contributed by atoms with van der Waals surface area (Å²) in [5, 5.41) is 5.27.